The van der Waals surface area contributed by atoms with Crippen molar-refractivity contribution in [2.75, 3.05) is 43.9 Å². The van der Waals surface area contributed by atoms with Gasteiger partial charge in [-0.15, -0.1) is 24.8 Å². The average molecular weight is 412 g/mol. The molecule has 1 saturated heterocycles. The molecule has 5 nitrogen and oxygen atoms in total. The molecule has 1 aliphatic rings. The Morgan fingerprint density at radius 1 is 1.11 bits per heavy atom. The Labute approximate surface area is 173 Å². The fourth-order valence-corrected chi connectivity index (χ4v) is 2.95. The molecule has 0 unspecified atom stereocenters. The summed E-state index contributed by atoms with van der Waals surface area (Å²) in [5.74, 6) is -0.133. The molecule has 0 bridgehead atoms. The Morgan fingerprint density at radius 3 is 2.44 bits per heavy atom. The summed E-state index contributed by atoms with van der Waals surface area (Å²) in [5, 5.41) is 2.94. The second-order valence-electron chi connectivity index (χ2n) is 6.43. The second-order valence-corrected chi connectivity index (χ2v) is 6.43. The normalized spacial score (nSPS) is 14.0. The molecular weight excluding hydrogens is 385 g/mol. The van der Waals surface area contributed by atoms with E-state index in [1.165, 1.54) is 5.56 Å². The zero-order valence-electron chi connectivity index (χ0n) is 15.4. The van der Waals surface area contributed by atoms with E-state index in [0.29, 0.717) is 11.3 Å². The van der Waals surface area contributed by atoms with E-state index in [0.717, 1.165) is 50.5 Å². The number of carbonyl (C=O) groups excluding carboxylic acids is 1. The van der Waals surface area contributed by atoms with E-state index in [4.69, 9.17) is 10.5 Å². The minimum absolute atomic E-state index is 0. The number of hydrogen-bond donors (Lipinski definition) is 2. The van der Waals surface area contributed by atoms with E-state index in [-0.39, 0.29) is 30.7 Å². The third-order valence-corrected chi connectivity index (χ3v) is 4.54. The molecule has 0 atom stereocenters. The van der Waals surface area contributed by atoms with Gasteiger partial charge in [0.05, 0.1) is 13.2 Å². The number of nitrogens with two attached hydrogens (primary N) is 1. The third kappa shape index (κ3) is 6.70. The predicted molar refractivity (Wildman–Crippen MR) is 115 cm³/mol. The fraction of sp³-hybridized carbons (Fsp3) is 0.350. The number of benzene rings is 2. The molecule has 2 aromatic carbocycles. The summed E-state index contributed by atoms with van der Waals surface area (Å²) in [6.45, 7) is 6.62. The van der Waals surface area contributed by atoms with Gasteiger partial charge in [-0.05, 0) is 48.7 Å². The minimum Gasteiger partial charge on any atom is -0.399 e. The number of aryl methyl sites for hydroxylation is 1. The predicted octanol–water partition coefficient (Wildman–Crippen LogP) is 3.55. The summed E-state index contributed by atoms with van der Waals surface area (Å²) in [6, 6.07) is 13.4. The lowest BCUT2D eigenvalue weighted by atomic mass is 10.1. The zero-order chi connectivity index (χ0) is 17.6. The Bertz CT molecular complexity index is 733. The summed E-state index contributed by atoms with van der Waals surface area (Å²) in [4.78, 5) is 14.8. The molecule has 27 heavy (non-hydrogen) atoms. The van der Waals surface area contributed by atoms with Gasteiger partial charge in [0, 0.05) is 36.6 Å². The van der Waals surface area contributed by atoms with Crippen LogP contribution in [-0.4, -0.2) is 43.7 Å². The van der Waals surface area contributed by atoms with Crippen LogP contribution in [0, 0.1) is 6.92 Å². The summed E-state index contributed by atoms with van der Waals surface area (Å²) in [6.07, 6.45) is 1.00. The lowest BCUT2D eigenvalue weighted by Crippen LogP contribution is -2.37. The van der Waals surface area contributed by atoms with Gasteiger partial charge in [0.15, 0.2) is 0 Å². The van der Waals surface area contributed by atoms with E-state index in [9.17, 15) is 4.79 Å². The molecule has 7 heteroatoms. The van der Waals surface area contributed by atoms with E-state index in [2.05, 4.69) is 22.3 Å². The maximum absolute atomic E-state index is 12.4. The van der Waals surface area contributed by atoms with Crippen molar-refractivity contribution in [3.05, 3.63) is 59.2 Å². The summed E-state index contributed by atoms with van der Waals surface area (Å²) in [7, 11) is 0. The SMILES string of the molecule is Cc1ccc(N)cc1C(=O)Nc1ccc(CCN2CCOCC2)cc1.Cl.Cl. The van der Waals surface area contributed by atoms with Crippen LogP contribution >= 0.6 is 24.8 Å². The first-order chi connectivity index (χ1) is 12.1. The summed E-state index contributed by atoms with van der Waals surface area (Å²) >= 11 is 0. The van der Waals surface area contributed by atoms with E-state index in [1.54, 1.807) is 12.1 Å². The molecular formula is C20H27Cl2N3O2. The van der Waals surface area contributed by atoms with Crippen LogP contribution in [0.25, 0.3) is 0 Å². The van der Waals surface area contributed by atoms with E-state index >= 15 is 0 Å². The number of morpholine rings is 1. The molecule has 0 radical (unpaired) electrons. The van der Waals surface area contributed by atoms with Gasteiger partial charge in [-0.1, -0.05) is 18.2 Å². The van der Waals surface area contributed by atoms with Crippen molar-refractivity contribution < 1.29 is 9.53 Å². The standard InChI is InChI=1S/C20H25N3O2.2ClH/c1-15-2-5-17(21)14-19(15)20(24)22-18-6-3-16(4-7-18)8-9-23-10-12-25-13-11-23;;/h2-7,14H,8-13,21H2,1H3,(H,22,24);2*1H. The molecule has 0 saturated carbocycles. The maximum Gasteiger partial charge on any atom is 0.256 e. The van der Waals surface area contributed by atoms with E-state index < -0.39 is 0 Å². The molecule has 148 valence electrons. The molecule has 1 aliphatic heterocycles. The van der Waals surface area contributed by atoms with Crippen molar-refractivity contribution in [3.63, 3.8) is 0 Å². The highest BCUT2D eigenvalue weighted by Gasteiger charge is 2.11. The van der Waals surface area contributed by atoms with Crippen molar-refractivity contribution in [2.24, 2.45) is 0 Å². The Balaban J connectivity index is 0.00000182. The summed E-state index contributed by atoms with van der Waals surface area (Å²) in [5.41, 5.74) is 9.95. The number of rotatable bonds is 5. The first kappa shape index (κ1) is 23.2. The molecule has 0 aromatic heterocycles. The van der Waals surface area contributed by atoms with Crippen LogP contribution in [-0.2, 0) is 11.2 Å². The van der Waals surface area contributed by atoms with Gasteiger partial charge < -0.3 is 15.8 Å². The van der Waals surface area contributed by atoms with Gasteiger partial charge in [0.2, 0.25) is 0 Å². The van der Waals surface area contributed by atoms with Gasteiger partial charge in [-0.2, -0.15) is 0 Å². The summed E-state index contributed by atoms with van der Waals surface area (Å²) < 4.78 is 5.37. The van der Waals surface area contributed by atoms with Crippen LogP contribution in [0.3, 0.4) is 0 Å². The van der Waals surface area contributed by atoms with Gasteiger partial charge >= 0.3 is 0 Å². The van der Waals surface area contributed by atoms with E-state index in [1.807, 2.05) is 25.1 Å². The monoisotopic (exact) mass is 411 g/mol. The van der Waals surface area contributed by atoms with Crippen molar-refractivity contribution in [1.82, 2.24) is 4.90 Å². The minimum atomic E-state index is -0.133. The van der Waals surface area contributed by atoms with Crippen LogP contribution in [0.15, 0.2) is 42.5 Å². The quantitative estimate of drug-likeness (QED) is 0.738. The number of nitrogens with one attached hydrogen (secondary N) is 1. The number of hydrogen-bond acceptors (Lipinski definition) is 4. The number of ether oxygens (including phenoxy) is 1. The van der Waals surface area contributed by atoms with Crippen molar-refractivity contribution in [2.45, 2.75) is 13.3 Å². The molecule has 2 aromatic rings. The fourth-order valence-electron chi connectivity index (χ4n) is 2.95. The number of halogens is 2. The molecule has 1 heterocycles. The Hall–Kier alpha value is -1.79. The average Bonchev–Trinajstić information content (AvgIpc) is 2.64. The van der Waals surface area contributed by atoms with Crippen molar-refractivity contribution in [3.8, 4) is 0 Å². The van der Waals surface area contributed by atoms with Gasteiger partial charge in [0.1, 0.15) is 0 Å². The molecule has 0 aliphatic carbocycles. The van der Waals surface area contributed by atoms with Crippen LogP contribution in [0.4, 0.5) is 11.4 Å². The van der Waals surface area contributed by atoms with Gasteiger partial charge in [-0.25, -0.2) is 0 Å². The smallest absolute Gasteiger partial charge is 0.256 e. The van der Waals surface area contributed by atoms with Crippen LogP contribution in [0.1, 0.15) is 21.5 Å². The Morgan fingerprint density at radius 2 is 1.78 bits per heavy atom. The van der Waals surface area contributed by atoms with Crippen molar-refractivity contribution >= 4 is 42.1 Å². The van der Waals surface area contributed by atoms with Crippen LogP contribution < -0.4 is 11.1 Å². The number of nitrogen functional groups attached to an aromatic ring is 1. The molecule has 1 fully saturated rings. The molecule has 3 N–H and O–H groups in total. The second kappa shape index (κ2) is 11.1. The molecule has 0 spiro atoms. The maximum atomic E-state index is 12.4. The van der Waals surface area contributed by atoms with Gasteiger partial charge in [-0.3, -0.25) is 9.69 Å². The lowest BCUT2D eigenvalue weighted by Gasteiger charge is -2.26. The molecule has 1 amide bonds. The molecule has 3 rings (SSSR count). The number of anilines is 2. The van der Waals surface area contributed by atoms with Crippen LogP contribution in [0.2, 0.25) is 0 Å². The third-order valence-electron chi connectivity index (χ3n) is 4.54. The first-order valence-electron chi connectivity index (χ1n) is 8.68. The van der Waals surface area contributed by atoms with Crippen molar-refractivity contribution in [1.29, 1.82) is 0 Å². The number of carbonyl (C=O) groups is 1. The number of amides is 1. The lowest BCUT2D eigenvalue weighted by molar-refractivity contribution is 0.0384. The largest absolute Gasteiger partial charge is 0.399 e. The topological polar surface area (TPSA) is 67.6 Å². The first-order valence-corrected chi connectivity index (χ1v) is 8.68. The Kier molecular flexibility index (Phi) is 9.60. The zero-order valence-corrected chi connectivity index (χ0v) is 17.1. The van der Waals surface area contributed by atoms with Crippen LogP contribution in [0.5, 0.6) is 0 Å². The highest BCUT2D eigenvalue weighted by molar-refractivity contribution is 6.05. The van der Waals surface area contributed by atoms with Gasteiger partial charge in [0.25, 0.3) is 5.91 Å². The highest BCUT2D eigenvalue weighted by Crippen LogP contribution is 2.16. The highest BCUT2D eigenvalue weighted by atomic mass is 35.5. The number of nitrogens with zero attached hydrogens (tertiary/aromatic N) is 1.